The van der Waals surface area contributed by atoms with Gasteiger partial charge in [-0.05, 0) is 35.4 Å². The van der Waals surface area contributed by atoms with Gasteiger partial charge in [0.25, 0.3) is 0 Å². The predicted molar refractivity (Wildman–Crippen MR) is 85.9 cm³/mol. The van der Waals surface area contributed by atoms with Crippen LogP contribution in [0.4, 0.5) is 10.5 Å². The molecule has 2 aromatic rings. The van der Waals surface area contributed by atoms with Crippen LogP contribution in [0, 0.1) is 0 Å². The molecular formula is C15H19N3OSi. The zero-order valence-electron chi connectivity index (χ0n) is 12.0. The molecule has 5 heteroatoms. The van der Waals surface area contributed by atoms with Crippen LogP contribution in [0.25, 0.3) is 11.1 Å². The highest BCUT2D eigenvalue weighted by atomic mass is 28.3. The number of aromatic nitrogens is 1. The van der Waals surface area contributed by atoms with Crippen molar-refractivity contribution >= 4 is 25.1 Å². The second-order valence-corrected chi connectivity index (χ2v) is 10.8. The molecule has 0 saturated carbocycles. The van der Waals surface area contributed by atoms with Gasteiger partial charge in [-0.3, -0.25) is 4.98 Å². The molecule has 0 radical (unpaired) electrons. The number of carbonyl (C=O) groups is 1. The van der Waals surface area contributed by atoms with Crippen molar-refractivity contribution in [2.75, 3.05) is 5.32 Å². The highest BCUT2D eigenvalue weighted by Gasteiger charge is 2.18. The monoisotopic (exact) mass is 285 g/mol. The first-order chi connectivity index (χ1) is 9.36. The molecule has 1 aromatic carbocycles. The third kappa shape index (κ3) is 3.45. The fraction of sp³-hybridized carbons (Fsp3) is 0.200. The van der Waals surface area contributed by atoms with Gasteiger partial charge in [0.2, 0.25) is 0 Å². The fourth-order valence-electron chi connectivity index (χ4n) is 1.91. The summed E-state index contributed by atoms with van der Waals surface area (Å²) in [6.07, 6.45) is 1.86. The van der Waals surface area contributed by atoms with Crippen LogP contribution in [0.15, 0.2) is 42.6 Å². The second kappa shape index (κ2) is 5.46. The quantitative estimate of drug-likeness (QED) is 0.851. The maximum atomic E-state index is 10.8. The van der Waals surface area contributed by atoms with E-state index in [0.717, 1.165) is 11.1 Å². The molecular weight excluding hydrogens is 266 g/mol. The summed E-state index contributed by atoms with van der Waals surface area (Å²) in [4.78, 5) is 15.3. The number of urea groups is 1. The molecule has 0 unspecified atom stereocenters. The number of primary amides is 1. The van der Waals surface area contributed by atoms with Crippen molar-refractivity contribution in [2.24, 2.45) is 5.73 Å². The number of rotatable bonds is 3. The maximum absolute atomic E-state index is 10.8. The predicted octanol–water partition coefficient (Wildman–Crippen LogP) is 2.78. The van der Waals surface area contributed by atoms with Crippen LogP contribution in [-0.2, 0) is 0 Å². The van der Waals surface area contributed by atoms with E-state index in [1.54, 1.807) is 0 Å². The number of hydrogen-bond acceptors (Lipinski definition) is 2. The Morgan fingerprint density at radius 1 is 1.10 bits per heavy atom. The van der Waals surface area contributed by atoms with Gasteiger partial charge in [0.05, 0.1) is 0 Å². The van der Waals surface area contributed by atoms with E-state index in [1.807, 2.05) is 36.5 Å². The molecule has 2 amide bonds. The maximum Gasteiger partial charge on any atom is 0.316 e. The van der Waals surface area contributed by atoms with E-state index in [0.29, 0.717) is 5.69 Å². The van der Waals surface area contributed by atoms with Crippen molar-refractivity contribution in [1.82, 2.24) is 4.98 Å². The highest BCUT2D eigenvalue weighted by Crippen LogP contribution is 2.20. The first-order valence-corrected chi connectivity index (χ1v) is 10.00. The number of anilines is 1. The summed E-state index contributed by atoms with van der Waals surface area (Å²) in [6, 6.07) is 11.2. The van der Waals surface area contributed by atoms with E-state index in [9.17, 15) is 4.79 Å². The minimum Gasteiger partial charge on any atom is -0.351 e. The van der Waals surface area contributed by atoms with Gasteiger partial charge in [-0.2, -0.15) is 0 Å². The smallest absolute Gasteiger partial charge is 0.316 e. The van der Waals surface area contributed by atoms with Crippen LogP contribution in [0.3, 0.4) is 0 Å². The van der Waals surface area contributed by atoms with Crippen LogP contribution >= 0.6 is 0 Å². The van der Waals surface area contributed by atoms with Crippen molar-refractivity contribution in [3.63, 3.8) is 0 Å². The van der Waals surface area contributed by atoms with E-state index in [-0.39, 0.29) is 0 Å². The Hall–Kier alpha value is -2.14. The van der Waals surface area contributed by atoms with Gasteiger partial charge in [-0.15, -0.1) is 0 Å². The first-order valence-electron chi connectivity index (χ1n) is 6.50. The van der Waals surface area contributed by atoms with Crippen LogP contribution in [0.1, 0.15) is 0 Å². The van der Waals surface area contributed by atoms with Gasteiger partial charge in [0.1, 0.15) is 8.07 Å². The van der Waals surface area contributed by atoms with E-state index in [1.165, 1.54) is 5.32 Å². The lowest BCUT2D eigenvalue weighted by molar-refractivity contribution is 0.259. The first kappa shape index (κ1) is 14.3. The summed E-state index contributed by atoms with van der Waals surface area (Å²) >= 11 is 0. The number of hydrogen-bond donors (Lipinski definition) is 2. The minimum absolute atomic E-state index is 0.553. The normalized spacial score (nSPS) is 11.2. The zero-order chi connectivity index (χ0) is 14.8. The molecule has 2 rings (SSSR count). The standard InChI is InChI=1S/C15H19N3OSi/c1-20(2,3)14-10-12(8-9-17-14)11-4-6-13(7-5-11)18-15(16)19/h4-10H,1-3H3,(H3,16,18,19). The number of benzene rings is 1. The Labute approximate surface area is 120 Å². The molecule has 0 bridgehead atoms. The van der Waals surface area contributed by atoms with Crippen LogP contribution < -0.4 is 16.4 Å². The molecule has 0 aliphatic carbocycles. The van der Waals surface area contributed by atoms with Gasteiger partial charge in [0.15, 0.2) is 0 Å². The molecule has 0 saturated heterocycles. The van der Waals surface area contributed by atoms with Crippen molar-refractivity contribution in [3.8, 4) is 11.1 Å². The molecule has 0 aliphatic heterocycles. The molecule has 0 fully saturated rings. The van der Waals surface area contributed by atoms with E-state index in [4.69, 9.17) is 5.73 Å². The zero-order valence-corrected chi connectivity index (χ0v) is 13.0. The van der Waals surface area contributed by atoms with Crippen molar-refractivity contribution < 1.29 is 4.79 Å². The van der Waals surface area contributed by atoms with Gasteiger partial charge in [-0.1, -0.05) is 31.8 Å². The van der Waals surface area contributed by atoms with E-state index >= 15 is 0 Å². The SMILES string of the molecule is C[Si](C)(C)c1cc(-c2ccc(NC(N)=O)cc2)ccn1. The topological polar surface area (TPSA) is 68.0 Å². The van der Waals surface area contributed by atoms with Crippen molar-refractivity contribution in [3.05, 3.63) is 42.6 Å². The summed E-state index contributed by atoms with van der Waals surface area (Å²) in [6.45, 7) is 6.83. The van der Waals surface area contributed by atoms with Crippen LogP contribution in [0.2, 0.25) is 19.6 Å². The Kier molecular flexibility index (Phi) is 3.90. The van der Waals surface area contributed by atoms with Crippen LogP contribution in [0.5, 0.6) is 0 Å². The number of nitrogens with two attached hydrogens (primary N) is 1. The molecule has 1 aromatic heterocycles. The van der Waals surface area contributed by atoms with Gasteiger partial charge >= 0.3 is 6.03 Å². The average molecular weight is 285 g/mol. The number of nitrogens with one attached hydrogen (secondary N) is 1. The number of amides is 2. The number of pyridine rings is 1. The lowest BCUT2D eigenvalue weighted by atomic mass is 10.1. The van der Waals surface area contributed by atoms with E-state index in [2.05, 4.69) is 36.0 Å². The Morgan fingerprint density at radius 2 is 1.75 bits per heavy atom. The molecule has 3 N–H and O–H groups in total. The molecule has 0 atom stereocenters. The van der Waals surface area contributed by atoms with Crippen molar-refractivity contribution in [1.29, 1.82) is 0 Å². The molecule has 20 heavy (non-hydrogen) atoms. The Morgan fingerprint density at radius 3 is 2.30 bits per heavy atom. The van der Waals surface area contributed by atoms with Gasteiger partial charge in [-0.25, -0.2) is 4.79 Å². The fourth-order valence-corrected chi connectivity index (χ4v) is 2.96. The van der Waals surface area contributed by atoms with E-state index < -0.39 is 14.1 Å². The van der Waals surface area contributed by atoms with Gasteiger partial charge in [0, 0.05) is 17.2 Å². The third-order valence-corrected chi connectivity index (χ3v) is 4.82. The summed E-state index contributed by atoms with van der Waals surface area (Å²) in [5.41, 5.74) is 8.02. The number of nitrogens with zero attached hydrogens (tertiary/aromatic N) is 1. The summed E-state index contributed by atoms with van der Waals surface area (Å²) < 4.78 is 0. The summed E-state index contributed by atoms with van der Waals surface area (Å²) in [5.74, 6) is 0. The summed E-state index contributed by atoms with van der Waals surface area (Å²) in [7, 11) is -1.41. The number of carbonyl (C=O) groups excluding carboxylic acids is 1. The molecule has 104 valence electrons. The minimum atomic E-state index is -1.41. The highest BCUT2D eigenvalue weighted by molar-refractivity contribution is 6.88. The largest absolute Gasteiger partial charge is 0.351 e. The lowest BCUT2D eigenvalue weighted by Crippen LogP contribution is -2.39. The summed E-state index contributed by atoms with van der Waals surface area (Å²) in [5, 5.41) is 3.74. The Bertz CT molecular complexity index is 618. The van der Waals surface area contributed by atoms with Crippen LogP contribution in [-0.4, -0.2) is 19.1 Å². The van der Waals surface area contributed by atoms with Gasteiger partial charge < -0.3 is 11.1 Å². The second-order valence-electron chi connectivity index (χ2n) is 5.75. The molecule has 0 spiro atoms. The third-order valence-electron chi connectivity index (χ3n) is 3.01. The molecule has 1 heterocycles. The average Bonchev–Trinajstić information content (AvgIpc) is 2.38. The molecule has 4 nitrogen and oxygen atoms in total. The van der Waals surface area contributed by atoms with Crippen molar-refractivity contribution in [2.45, 2.75) is 19.6 Å². The molecule has 0 aliphatic rings. The Balaban J connectivity index is 2.30. The lowest BCUT2D eigenvalue weighted by Gasteiger charge is -2.16.